The van der Waals surface area contributed by atoms with Crippen molar-refractivity contribution in [2.45, 2.75) is 37.6 Å². The molecular weight excluding hydrogens is 247 g/mol. The Labute approximate surface area is 120 Å². The molecule has 0 aromatic heterocycles. The molecule has 5 N–H and O–H groups in total. The van der Waals surface area contributed by atoms with E-state index in [2.05, 4.69) is 4.74 Å². The molecule has 0 unspecified atom stereocenters. The van der Waals surface area contributed by atoms with Gasteiger partial charge in [-0.2, -0.15) is 0 Å². The standard InChI is InChI=1S/C6H12O6.C2H4O2.Na/c7-1-2-3(8)4(9)5(10)6(11)12-2;1-2(3)4;/h2-11H,1H2;1H3,(H,3,4);/q;;+1/p-1/t2-,3-,4+,5-,6-;;/m1../s1. The number of carboxylic acid groups (broad SMARTS) is 1. The Bertz CT molecular complexity index is 217. The molecular formula is C8H15NaO8. The van der Waals surface area contributed by atoms with E-state index in [1.54, 1.807) is 0 Å². The Balaban J connectivity index is 0. The van der Waals surface area contributed by atoms with Crippen LogP contribution in [-0.2, 0) is 9.53 Å². The number of carbonyl (C=O) groups excluding carboxylic acids is 1. The molecule has 0 spiro atoms. The quantitative estimate of drug-likeness (QED) is 0.292. The van der Waals surface area contributed by atoms with Crippen LogP contribution in [0.2, 0.25) is 0 Å². The van der Waals surface area contributed by atoms with Gasteiger partial charge in [-0.05, 0) is 6.92 Å². The fourth-order valence-electron chi connectivity index (χ4n) is 1.08. The van der Waals surface area contributed by atoms with E-state index in [1.807, 2.05) is 0 Å². The van der Waals surface area contributed by atoms with Crippen molar-refractivity contribution in [3.05, 3.63) is 0 Å². The largest absolute Gasteiger partial charge is 1.00 e. The van der Waals surface area contributed by atoms with Gasteiger partial charge < -0.3 is 40.2 Å². The minimum Gasteiger partial charge on any atom is -0.550 e. The van der Waals surface area contributed by atoms with Gasteiger partial charge in [0.2, 0.25) is 0 Å². The van der Waals surface area contributed by atoms with Crippen molar-refractivity contribution in [1.82, 2.24) is 0 Å². The molecule has 1 aliphatic rings. The Kier molecular flexibility index (Phi) is 10.6. The van der Waals surface area contributed by atoms with Gasteiger partial charge in [-0.3, -0.25) is 0 Å². The Hall–Kier alpha value is 0.230. The molecule has 0 bridgehead atoms. The van der Waals surface area contributed by atoms with Crippen molar-refractivity contribution in [2.24, 2.45) is 0 Å². The van der Waals surface area contributed by atoms with Gasteiger partial charge in [0.05, 0.1) is 6.61 Å². The number of rotatable bonds is 1. The second-order valence-electron chi connectivity index (χ2n) is 3.21. The first kappa shape index (κ1) is 19.6. The second-order valence-corrected chi connectivity index (χ2v) is 3.21. The van der Waals surface area contributed by atoms with E-state index in [0.717, 1.165) is 6.92 Å². The summed E-state index contributed by atoms with van der Waals surface area (Å²) in [6.07, 6.45) is -7.04. The van der Waals surface area contributed by atoms with Gasteiger partial charge in [-0.15, -0.1) is 0 Å². The van der Waals surface area contributed by atoms with Crippen LogP contribution >= 0.6 is 0 Å². The summed E-state index contributed by atoms with van der Waals surface area (Å²) in [5.74, 6) is -1.08. The minimum atomic E-state index is -1.57. The predicted molar refractivity (Wildman–Crippen MR) is 46.7 cm³/mol. The van der Waals surface area contributed by atoms with Crippen molar-refractivity contribution in [1.29, 1.82) is 0 Å². The van der Waals surface area contributed by atoms with Gasteiger partial charge in [-0.25, -0.2) is 0 Å². The van der Waals surface area contributed by atoms with Gasteiger partial charge in [0.25, 0.3) is 0 Å². The maximum absolute atomic E-state index is 9.12. The van der Waals surface area contributed by atoms with Crippen molar-refractivity contribution >= 4 is 5.97 Å². The predicted octanol–water partition coefficient (Wildman–Crippen LogP) is -7.46. The van der Waals surface area contributed by atoms with E-state index >= 15 is 0 Å². The summed E-state index contributed by atoms with van der Waals surface area (Å²) in [5, 5.41) is 53.5. The molecule has 96 valence electrons. The average Bonchev–Trinajstić information content (AvgIpc) is 2.19. The first-order chi connectivity index (χ1) is 7.31. The minimum absolute atomic E-state index is 0. The molecule has 0 aromatic rings. The maximum atomic E-state index is 9.12. The van der Waals surface area contributed by atoms with Gasteiger partial charge in [-0.1, -0.05) is 0 Å². The first-order valence-electron chi connectivity index (χ1n) is 4.47. The summed E-state index contributed by atoms with van der Waals surface area (Å²) < 4.78 is 4.58. The fourth-order valence-corrected chi connectivity index (χ4v) is 1.08. The SMILES string of the molecule is CC(=O)[O-].OC[C@H]1O[C@@H](O)[C@H](O)[C@@H](O)[C@@H]1O.[Na+]. The number of aliphatic hydroxyl groups is 5. The molecule has 8 nitrogen and oxygen atoms in total. The summed E-state index contributed by atoms with van der Waals surface area (Å²) in [5.41, 5.74) is 0. The van der Waals surface area contributed by atoms with Crippen LogP contribution in [0.15, 0.2) is 0 Å². The van der Waals surface area contributed by atoms with Crippen molar-refractivity contribution in [2.75, 3.05) is 6.61 Å². The third-order valence-electron chi connectivity index (χ3n) is 1.87. The molecule has 0 amide bonds. The molecule has 1 heterocycles. The van der Waals surface area contributed by atoms with Crippen LogP contribution in [0.1, 0.15) is 6.92 Å². The summed E-state index contributed by atoms with van der Waals surface area (Å²) in [4.78, 5) is 8.89. The summed E-state index contributed by atoms with van der Waals surface area (Å²) >= 11 is 0. The molecule has 0 aliphatic carbocycles. The Morgan fingerprint density at radius 2 is 1.59 bits per heavy atom. The average molecular weight is 262 g/mol. The van der Waals surface area contributed by atoms with Gasteiger partial charge in [0, 0.05) is 5.97 Å². The third-order valence-corrected chi connectivity index (χ3v) is 1.87. The molecule has 0 radical (unpaired) electrons. The molecule has 1 fully saturated rings. The fraction of sp³-hybridized carbons (Fsp3) is 0.875. The molecule has 5 atom stereocenters. The zero-order valence-electron chi connectivity index (χ0n) is 9.55. The van der Waals surface area contributed by atoms with Crippen LogP contribution < -0.4 is 34.7 Å². The summed E-state index contributed by atoms with van der Waals surface area (Å²) in [7, 11) is 0. The van der Waals surface area contributed by atoms with E-state index in [1.165, 1.54) is 0 Å². The van der Waals surface area contributed by atoms with Crippen molar-refractivity contribution in [3.8, 4) is 0 Å². The maximum Gasteiger partial charge on any atom is 1.00 e. The number of aliphatic hydroxyl groups excluding tert-OH is 5. The monoisotopic (exact) mass is 262 g/mol. The van der Waals surface area contributed by atoms with Crippen LogP contribution in [-0.4, -0.2) is 68.8 Å². The number of aliphatic carboxylic acids is 1. The second kappa shape index (κ2) is 9.20. The van der Waals surface area contributed by atoms with Crippen LogP contribution in [0, 0.1) is 0 Å². The molecule has 0 aromatic carbocycles. The zero-order chi connectivity index (χ0) is 12.9. The van der Waals surface area contributed by atoms with E-state index in [9.17, 15) is 0 Å². The first-order valence-corrected chi connectivity index (χ1v) is 4.47. The summed E-state index contributed by atoms with van der Waals surface area (Å²) in [6.45, 7) is 0.446. The Morgan fingerprint density at radius 1 is 1.18 bits per heavy atom. The topological polar surface area (TPSA) is 151 Å². The molecule has 1 saturated heterocycles. The molecule has 1 aliphatic heterocycles. The molecule has 9 heteroatoms. The number of carboxylic acids is 1. The van der Waals surface area contributed by atoms with Crippen LogP contribution in [0.3, 0.4) is 0 Å². The number of ether oxygens (including phenoxy) is 1. The van der Waals surface area contributed by atoms with Crippen LogP contribution in [0.5, 0.6) is 0 Å². The van der Waals surface area contributed by atoms with Crippen LogP contribution in [0.25, 0.3) is 0 Å². The van der Waals surface area contributed by atoms with Gasteiger partial charge in [0.15, 0.2) is 6.29 Å². The molecule has 1 rings (SSSR count). The van der Waals surface area contributed by atoms with E-state index in [-0.39, 0.29) is 29.6 Å². The van der Waals surface area contributed by atoms with Crippen molar-refractivity contribution in [3.63, 3.8) is 0 Å². The number of hydrogen-bond acceptors (Lipinski definition) is 8. The molecule has 17 heavy (non-hydrogen) atoms. The van der Waals surface area contributed by atoms with E-state index in [0.29, 0.717) is 0 Å². The van der Waals surface area contributed by atoms with E-state index in [4.69, 9.17) is 35.4 Å². The Morgan fingerprint density at radius 3 is 1.94 bits per heavy atom. The zero-order valence-corrected chi connectivity index (χ0v) is 11.6. The third kappa shape index (κ3) is 6.65. The number of hydrogen-bond donors (Lipinski definition) is 5. The van der Waals surface area contributed by atoms with Crippen LogP contribution in [0.4, 0.5) is 0 Å². The van der Waals surface area contributed by atoms with Crippen molar-refractivity contribution < 1.29 is 69.7 Å². The van der Waals surface area contributed by atoms with Gasteiger partial charge >= 0.3 is 29.6 Å². The normalized spacial score (nSPS) is 36.2. The smallest absolute Gasteiger partial charge is 0.550 e. The number of carbonyl (C=O) groups is 1. The molecule has 0 saturated carbocycles. The van der Waals surface area contributed by atoms with E-state index < -0.39 is 43.3 Å². The summed E-state index contributed by atoms with van der Waals surface area (Å²) in [6, 6.07) is 0. The van der Waals surface area contributed by atoms with Gasteiger partial charge in [0.1, 0.15) is 24.4 Å².